The molecule has 0 aliphatic carbocycles. The number of carbonyl (C=O) groups is 1. The van der Waals surface area contributed by atoms with E-state index in [4.69, 9.17) is 10.00 Å². The Morgan fingerprint density at radius 3 is 2.36 bits per heavy atom. The fourth-order valence-electron chi connectivity index (χ4n) is 1.12. The monoisotopic (exact) mass is 211 g/mol. The Morgan fingerprint density at radius 2 is 2.07 bits per heavy atom. The van der Waals surface area contributed by atoms with E-state index < -0.39 is 14.0 Å². The van der Waals surface area contributed by atoms with E-state index in [9.17, 15) is 4.79 Å². The van der Waals surface area contributed by atoms with E-state index in [2.05, 4.69) is 26.2 Å². The molecule has 0 saturated carbocycles. The van der Waals surface area contributed by atoms with Gasteiger partial charge in [0.05, 0.1) is 13.8 Å². The Bertz CT molecular complexity index is 273. The number of ether oxygens (including phenoxy) is 1. The van der Waals surface area contributed by atoms with Crippen LogP contribution in [-0.2, 0) is 9.53 Å². The summed E-state index contributed by atoms with van der Waals surface area (Å²) in [5.41, 5.74) is -0.165. The summed E-state index contributed by atoms with van der Waals surface area (Å²) < 4.78 is 5.22. The minimum absolute atomic E-state index is 0.0416. The molecule has 0 radical (unpaired) electrons. The van der Waals surface area contributed by atoms with Crippen LogP contribution in [0.1, 0.15) is 13.3 Å². The highest BCUT2D eigenvalue weighted by molar-refractivity contribution is 6.77. The number of nitrogens with zero attached hydrogens (tertiary/aromatic N) is 1. The molecule has 4 heteroatoms. The Balaban J connectivity index is 4.43. The molecule has 0 amide bonds. The molecule has 0 spiro atoms. The molecule has 14 heavy (non-hydrogen) atoms. The van der Waals surface area contributed by atoms with Gasteiger partial charge in [-0.3, -0.25) is 0 Å². The lowest BCUT2D eigenvalue weighted by molar-refractivity contribution is -0.140. The van der Waals surface area contributed by atoms with E-state index >= 15 is 0 Å². The number of hydrogen-bond donors (Lipinski definition) is 0. The predicted octanol–water partition coefficient (Wildman–Crippen LogP) is 2.27. The predicted molar refractivity (Wildman–Crippen MR) is 58.3 cm³/mol. The fraction of sp³-hybridized carbons (Fsp3) is 0.600. The summed E-state index contributed by atoms with van der Waals surface area (Å²) in [6.07, 6.45) is 0.792. The molecule has 78 valence electrons. The summed E-state index contributed by atoms with van der Waals surface area (Å²) in [6, 6.07) is 1.69. The van der Waals surface area contributed by atoms with Crippen molar-refractivity contribution in [3.63, 3.8) is 0 Å². The van der Waals surface area contributed by atoms with E-state index in [1.54, 1.807) is 6.07 Å². The highest BCUT2D eigenvalue weighted by atomic mass is 28.3. The molecule has 0 aliphatic rings. The van der Waals surface area contributed by atoms with E-state index in [-0.39, 0.29) is 11.3 Å². The van der Waals surface area contributed by atoms with Gasteiger partial charge in [0.2, 0.25) is 0 Å². The van der Waals surface area contributed by atoms with Crippen LogP contribution in [0.2, 0.25) is 19.6 Å². The topological polar surface area (TPSA) is 50.1 Å². The van der Waals surface area contributed by atoms with Crippen LogP contribution in [0.15, 0.2) is 12.2 Å². The van der Waals surface area contributed by atoms with Crippen molar-refractivity contribution in [3.05, 3.63) is 12.2 Å². The number of carbonyl (C=O) groups excluding carboxylic acids is 1. The number of nitriles is 1. The molecule has 0 bridgehead atoms. The van der Waals surface area contributed by atoms with Gasteiger partial charge >= 0.3 is 5.97 Å². The van der Waals surface area contributed by atoms with Gasteiger partial charge < -0.3 is 4.74 Å². The number of rotatable bonds is 4. The van der Waals surface area contributed by atoms with E-state index in [1.165, 1.54) is 0 Å². The van der Waals surface area contributed by atoms with Crippen LogP contribution in [0, 0.1) is 11.3 Å². The molecule has 0 aromatic rings. The maximum absolute atomic E-state index is 11.3. The Kier molecular flexibility index (Phi) is 4.58. The van der Waals surface area contributed by atoms with Crippen molar-refractivity contribution in [2.75, 3.05) is 0 Å². The fourth-order valence-corrected chi connectivity index (χ4v) is 2.80. The third-order valence-electron chi connectivity index (χ3n) is 1.97. The van der Waals surface area contributed by atoms with Gasteiger partial charge in [0.1, 0.15) is 11.6 Å². The maximum atomic E-state index is 11.3. The first-order valence-corrected chi connectivity index (χ1v) is 8.20. The highest BCUT2D eigenvalue weighted by Gasteiger charge is 2.29. The molecule has 0 aliphatic heterocycles. The van der Waals surface area contributed by atoms with Gasteiger partial charge in [0, 0.05) is 0 Å². The number of esters is 1. The van der Waals surface area contributed by atoms with Crippen molar-refractivity contribution >= 4 is 14.0 Å². The Morgan fingerprint density at radius 1 is 1.57 bits per heavy atom. The summed E-state index contributed by atoms with van der Waals surface area (Å²) in [5.74, 6) is -0.582. The standard InChI is InChI=1S/C10H17NO2Si/c1-6-9(14(3,4)5)13-10(12)8(2)7-11/h9H,2,6H2,1,3-5H3. The van der Waals surface area contributed by atoms with E-state index in [1.807, 2.05) is 6.92 Å². The van der Waals surface area contributed by atoms with E-state index in [0.717, 1.165) is 6.42 Å². The molecule has 0 saturated heterocycles. The van der Waals surface area contributed by atoms with Gasteiger partial charge in [-0.15, -0.1) is 0 Å². The lowest BCUT2D eigenvalue weighted by Gasteiger charge is -2.27. The van der Waals surface area contributed by atoms with Crippen LogP contribution >= 0.6 is 0 Å². The first kappa shape index (κ1) is 12.9. The molecule has 0 N–H and O–H groups in total. The first-order valence-electron chi connectivity index (χ1n) is 4.63. The lowest BCUT2D eigenvalue weighted by Crippen LogP contribution is -2.41. The van der Waals surface area contributed by atoms with Crippen molar-refractivity contribution < 1.29 is 9.53 Å². The molecular weight excluding hydrogens is 194 g/mol. The second kappa shape index (κ2) is 4.96. The van der Waals surface area contributed by atoms with Crippen molar-refractivity contribution in [3.8, 4) is 6.07 Å². The normalized spacial score (nSPS) is 12.8. The van der Waals surface area contributed by atoms with Gasteiger partial charge in [-0.2, -0.15) is 5.26 Å². The average Bonchev–Trinajstić information content (AvgIpc) is 2.10. The van der Waals surface area contributed by atoms with Crippen molar-refractivity contribution in [1.82, 2.24) is 0 Å². The lowest BCUT2D eigenvalue weighted by atomic mass is 10.3. The van der Waals surface area contributed by atoms with Gasteiger partial charge in [-0.1, -0.05) is 33.1 Å². The van der Waals surface area contributed by atoms with E-state index in [0.29, 0.717) is 0 Å². The second-order valence-corrected chi connectivity index (χ2v) is 9.63. The van der Waals surface area contributed by atoms with Crippen molar-refractivity contribution in [2.45, 2.75) is 38.7 Å². The van der Waals surface area contributed by atoms with Crippen LogP contribution < -0.4 is 0 Å². The molecule has 0 heterocycles. The molecule has 0 aromatic heterocycles. The summed E-state index contributed by atoms with van der Waals surface area (Å²) in [6.45, 7) is 11.7. The third kappa shape index (κ3) is 3.75. The van der Waals surface area contributed by atoms with Gasteiger partial charge in [-0.25, -0.2) is 4.79 Å². The molecule has 3 nitrogen and oxygen atoms in total. The average molecular weight is 211 g/mol. The summed E-state index contributed by atoms with van der Waals surface area (Å²) >= 11 is 0. The maximum Gasteiger partial charge on any atom is 0.348 e. The van der Waals surface area contributed by atoms with Gasteiger partial charge in [0.25, 0.3) is 0 Å². The first-order chi connectivity index (χ1) is 6.32. The van der Waals surface area contributed by atoms with Crippen LogP contribution in [0.5, 0.6) is 0 Å². The largest absolute Gasteiger partial charge is 0.462 e. The summed E-state index contributed by atoms with van der Waals surface area (Å²) in [4.78, 5) is 11.3. The SMILES string of the molecule is C=C(C#N)C(=O)OC(CC)[Si](C)(C)C. The molecule has 1 atom stereocenters. The molecule has 0 aromatic carbocycles. The van der Waals surface area contributed by atoms with Crippen LogP contribution in [-0.4, -0.2) is 19.8 Å². The van der Waals surface area contributed by atoms with Gasteiger partial charge in [-0.05, 0) is 6.42 Å². The van der Waals surface area contributed by atoms with Crippen LogP contribution in [0.25, 0.3) is 0 Å². The van der Waals surface area contributed by atoms with Crippen molar-refractivity contribution in [1.29, 1.82) is 5.26 Å². The van der Waals surface area contributed by atoms with Crippen molar-refractivity contribution in [2.24, 2.45) is 0 Å². The third-order valence-corrected chi connectivity index (χ3v) is 4.43. The van der Waals surface area contributed by atoms with Crippen LogP contribution in [0.3, 0.4) is 0 Å². The second-order valence-electron chi connectivity index (χ2n) is 4.26. The zero-order chi connectivity index (χ0) is 11.4. The Hall–Kier alpha value is -1.08. The van der Waals surface area contributed by atoms with Gasteiger partial charge in [0.15, 0.2) is 0 Å². The quantitative estimate of drug-likeness (QED) is 0.310. The minimum Gasteiger partial charge on any atom is -0.462 e. The molecule has 0 rings (SSSR count). The molecular formula is C10H17NO2Si. The van der Waals surface area contributed by atoms with Crippen LogP contribution in [0.4, 0.5) is 0 Å². The highest BCUT2D eigenvalue weighted by Crippen LogP contribution is 2.16. The zero-order valence-corrected chi connectivity index (χ0v) is 10.3. The zero-order valence-electron chi connectivity index (χ0n) is 9.26. The number of hydrogen-bond acceptors (Lipinski definition) is 3. The molecule has 1 unspecified atom stereocenters. The summed E-state index contributed by atoms with van der Waals surface area (Å²) in [5, 5.41) is 8.45. The summed E-state index contributed by atoms with van der Waals surface area (Å²) in [7, 11) is -1.50. The molecule has 0 fully saturated rings. The minimum atomic E-state index is -1.50. The Labute approximate surface area is 86.4 Å². The smallest absolute Gasteiger partial charge is 0.348 e.